The van der Waals surface area contributed by atoms with Gasteiger partial charge in [-0.3, -0.25) is 9.36 Å². The van der Waals surface area contributed by atoms with Gasteiger partial charge in [-0.05, 0) is 32.1 Å². The molecule has 1 amide bonds. The third-order valence-electron chi connectivity index (χ3n) is 5.13. The Morgan fingerprint density at radius 1 is 1.00 bits per heavy atom. The van der Waals surface area contributed by atoms with E-state index in [-0.39, 0.29) is 18.9 Å². The van der Waals surface area contributed by atoms with Gasteiger partial charge in [0.15, 0.2) is 0 Å². The number of rotatable bonds is 21. The number of amides is 1. The van der Waals surface area contributed by atoms with Crippen LogP contribution in [0.15, 0.2) is 24.3 Å². The van der Waals surface area contributed by atoms with E-state index in [0.717, 1.165) is 19.3 Å². The molecule has 0 heterocycles. The molecule has 0 aromatic heterocycles. The van der Waals surface area contributed by atoms with Crippen LogP contribution < -0.4 is 10.2 Å². The van der Waals surface area contributed by atoms with Crippen molar-refractivity contribution in [2.24, 2.45) is 0 Å². The van der Waals surface area contributed by atoms with Gasteiger partial charge in [0.05, 0.1) is 39.9 Å². The molecule has 0 aromatic rings. The fourth-order valence-corrected chi connectivity index (χ4v) is 3.75. The lowest BCUT2D eigenvalue weighted by Gasteiger charge is -2.29. The van der Waals surface area contributed by atoms with E-state index in [0.29, 0.717) is 17.4 Å². The summed E-state index contributed by atoms with van der Waals surface area (Å²) in [7, 11) is 1.23. The maximum absolute atomic E-state index is 12.1. The molecule has 8 nitrogen and oxygen atoms in total. The van der Waals surface area contributed by atoms with Crippen molar-refractivity contribution in [2.75, 3.05) is 40.9 Å². The quantitative estimate of drug-likeness (QED) is 0.105. The Morgan fingerprint density at radius 2 is 1.65 bits per heavy atom. The molecular formula is C25H49N2O6P. The fourth-order valence-electron chi connectivity index (χ4n) is 3.03. The molecule has 0 saturated heterocycles. The van der Waals surface area contributed by atoms with Crippen molar-refractivity contribution in [3.05, 3.63) is 24.3 Å². The maximum atomic E-state index is 12.1. The van der Waals surface area contributed by atoms with Gasteiger partial charge in [0.1, 0.15) is 13.2 Å². The molecule has 3 atom stereocenters. The number of hydrogen-bond acceptors (Lipinski definition) is 6. The van der Waals surface area contributed by atoms with Crippen molar-refractivity contribution in [3.63, 3.8) is 0 Å². The monoisotopic (exact) mass is 504 g/mol. The summed E-state index contributed by atoms with van der Waals surface area (Å²) in [5.74, 6) is -0.267. The van der Waals surface area contributed by atoms with Crippen LogP contribution in [0.2, 0.25) is 0 Å². The summed E-state index contributed by atoms with van der Waals surface area (Å²) < 4.78 is 22.5. The topological polar surface area (TPSA) is 108 Å². The molecule has 34 heavy (non-hydrogen) atoms. The number of aliphatic hydroxyl groups excluding tert-OH is 1. The van der Waals surface area contributed by atoms with Gasteiger partial charge in [-0.1, -0.05) is 63.8 Å². The van der Waals surface area contributed by atoms with E-state index >= 15 is 0 Å². The number of allylic oxidation sites excluding steroid dienone is 3. The number of aliphatic hydroxyl groups is 1. The number of phosphoric ester groups is 1. The van der Waals surface area contributed by atoms with Crippen LogP contribution in [0.25, 0.3) is 0 Å². The van der Waals surface area contributed by atoms with Crippen LogP contribution in [0.3, 0.4) is 0 Å². The van der Waals surface area contributed by atoms with Crippen molar-refractivity contribution < 1.29 is 32.9 Å². The number of nitrogens with one attached hydrogen (secondary N) is 1. The third kappa shape index (κ3) is 20.4. The van der Waals surface area contributed by atoms with Crippen LogP contribution in [0.1, 0.15) is 78.1 Å². The average Bonchev–Trinajstić information content (AvgIpc) is 2.74. The van der Waals surface area contributed by atoms with Gasteiger partial charge in [0, 0.05) is 6.42 Å². The molecule has 0 bridgehead atoms. The first kappa shape index (κ1) is 33.0. The first-order valence-corrected chi connectivity index (χ1v) is 14.2. The minimum absolute atomic E-state index is 0.00808. The minimum atomic E-state index is -4.54. The molecule has 0 aliphatic carbocycles. The lowest BCUT2D eigenvalue weighted by molar-refractivity contribution is -0.870. The number of unbranched alkanes of at least 4 members (excludes halogenated alkanes) is 6. The molecule has 0 aliphatic heterocycles. The highest BCUT2D eigenvalue weighted by molar-refractivity contribution is 7.45. The Labute approximate surface area is 207 Å². The first-order chi connectivity index (χ1) is 16.0. The summed E-state index contributed by atoms with van der Waals surface area (Å²) in [6, 6.07) is -0.891. The summed E-state index contributed by atoms with van der Waals surface area (Å²) in [5, 5.41) is 13.2. The number of phosphoric acid groups is 1. The summed E-state index contributed by atoms with van der Waals surface area (Å²) >= 11 is 0. The zero-order chi connectivity index (χ0) is 25.9. The van der Waals surface area contributed by atoms with E-state index in [1.165, 1.54) is 32.1 Å². The van der Waals surface area contributed by atoms with Crippen molar-refractivity contribution in [3.8, 4) is 0 Å². The van der Waals surface area contributed by atoms with Crippen molar-refractivity contribution in [1.82, 2.24) is 5.32 Å². The number of carbonyl (C=O) groups excluding carboxylic acids is 1. The second kappa shape index (κ2) is 19.2. The van der Waals surface area contributed by atoms with E-state index in [4.69, 9.17) is 9.05 Å². The van der Waals surface area contributed by atoms with Crippen LogP contribution >= 0.6 is 7.82 Å². The van der Waals surface area contributed by atoms with Gasteiger partial charge < -0.3 is 28.8 Å². The zero-order valence-corrected chi connectivity index (χ0v) is 22.9. The Hall–Kier alpha value is -1.02. The Morgan fingerprint density at radius 3 is 2.29 bits per heavy atom. The number of carbonyl (C=O) groups is 1. The number of hydrogen-bond donors (Lipinski definition) is 2. The number of likely N-dealkylation sites (N-methyl/N-ethyl adjacent to an activating group) is 1. The summed E-state index contributed by atoms with van der Waals surface area (Å²) in [4.78, 5) is 24.1. The lowest BCUT2D eigenvalue weighted by Crippen LogP contribution is -2.45. The summed E-state index contributed by atoms with van der Waals surface area (Å²) in [6.07, 6.45) is 16.6. The molecule has 0 fully saturated rings. The molecule has 9 heteroatoms. The average molecular weight is 505 g/mol. The zero-order valence-electron chi connectivity index (χ0n) is 22.0. The molecule has 0 radical (unpaired) electrons. The molecule has 0 spiro atoms. The highest BCUT2D eigenvalue weighted by Crippen LogP contribution is 2.38. The molecule has 0 aliphatic rings. The molecule has 3 unspecified atom stereocenters. The summed E-state index contributed by atoms with van der Waals surface area (Å²) in [5.41, 5.74) is 0. The van der Waals surface area contributed by atoms with Crippen LogP contribution in [0.4, 0.5) is 0 Å². The van der Waals surface area contributed by atoms with Crippen molar-refractivity contribution >= 4 is 13.7 Å². The van der Waals surface area contributed by atoms with Gasteiger partial charge in [-0.2, -0.15) is 0 Å². The van der Waals surface area contributed by atoms with E-state index in [2.05, 4.69) is 24.4 Å². The van der Waals surface area contributed by atoms with Gasteiger partial charge in [0.2, 0.25) is 5.91 Å². The van der Waals surface area contributed by atoms with E-state index in [1.54, 1.807) is 6.08 Å². The van der Waals surface area contributed by atoms with E-state index < -0.39 is 26.6 Å². The minimum Gasteiger partial charge on any atom is -0.756 e. The second-order valence-electron chi connectivity index (χ2n) is 9.68. The van der Waals surface area contributed by atoms with Crippen molar-refractivity contribution in [2.45, 2.75) is 90.2 Å². The molecular weight excluding hydrogens is 455 g/mol. The van der Waals surface area contributed by atoms with Crippen LogP contribution in [0.5, 0.6) is 0 Å². The Kier molecular flexibility index (Phi) is 18.6. The smallest absolute Gasteiger partial charge is 0.268 e. The van der Waals surface area contributed by atoms with Crippen molar-refractivity contribution in [1.29, 1.82) is 0 Å². The van der Waals surface area contributed by atoms with E-state index in [9.17, 15) is 19.4 Å². The standard InChI is InChI=1S/C25H49N2O6P/c1-6-8-9-10-11-12-13-14-15-16-17-19-24(28)23(26-25(29)18-7-2)22-33-34(30,31)32-21-20-27(3,4)5/h13-14,17,19,23-24,28H,6-12,15-16,18,20-22H2,1-5H3,(H-,26,29,30,31)/b14-13+,19-17+. The number of quaternary nitrogens is 1. The SMILES string of the molecule is CCCCCCC/C=C/CC/C=C/C(O)C(COP(=O)([O-])OCC[N+](C)(C)C)NC(=O)CCC. The highest BCUT2D eigenvalue weighted by atomic mass is 31.2. The summed E-state index contributed by atoms with van der Waals surface area (Å²) in [6.45, 7) is 4.17. The Balaban J connectivity index is 4.57. The van der Waals surface area contributed by atoms with Crippen LogP contribution in [-0.2, 0) is 18.4 Å². The predicted octanol–water partition coefficient (Wildman–Crippen LogP) is 4.09. The second-order valence-corrected chi connectivity index (χ2v) is 11.1. The molecule has 0 aromatic carbocycles. The van der Waals surface area contributed by atoms with Crippen LogP contribution in [0, 0.1) is 0 Å². The maximum Gasteiger partial charge on any atom is 0.268 e. The van der Waals surface area contributed by atoms with E-state index in [1.807, 2.05) is 34.1 Å². The van der Waals surface area contributed by atoms with Gasteiger partial charge in [-0.25, -0.2) is 0 Å². The number of nitrogens with zero attached hydrogens (tertiary/aromatic N) is 1. The van der Waals surface area contributed by atoms with Gasteiger partial charge in [-0.15, -0.1) is 0 Å². The first-order valence-electron chi connectivity index (χ1n) is 12.7. The third-order valence-corrected chi connectivity index (χ3v) is 6.10. The fraction of sp³-hybridized carbons (Fsp3) is 0.800. The predicted molar refractivity (Wildman–Crippen MR) is 136 cm³/mol. The van der Waals surface area contributed by atoms with Gasteiger partial charge >= 0.3 is 0 Å². The highest BCUT2D eigenvalue weighted by Gasteiger charge is 2.22. The van der Waals surface area contributed by atoms with Gasteiger partial charge in [0.25, 0.3) is 7.82 Å². The van der Waals surface area contributed by atoms with Crippen LogP contribution in [-0.4, -0.2) is 68.5 Å². The Bertz CT molecular complexity index is 633. The molecule has 2 N–H and O–H groups in total. The molecule has 0 rings (SSSR count). The molecule has 0 saturated carbocycles. The molecule has 200 valence electrons. The lowest BCUT2D eigenvalue weighted by atomic mass is 10.1. The normalized spacial score (nSPS) is 16.1. The largest absolute Gasteiger partial charge is 0.756 e.